The van der Waals surface area contributed by atoms with E-state index >= 15 is 0 Å². The van der Waals surface area contributed by atoms with Crippen molar-refractivity contribution in [2.24, 2.45) is 17.2 Å². The van der Waals surface area contributed by atoms with Gasteiger partial charge in [-0.1, -0.05) is 36.4 Å². The molecule has 28 heteroatoms. The Morgan fingerprint density at radius 1 is 0.544 bits per heavy atom. The topological polar surface area (TPSA) is 475 Å². The second-order valence-corrected chi connectivity index (χ2v) is 18.8. The second-order valence-electron chi connectivity index (χ2n) is 18.8. The number of hydrogen-bond donors (Lipinski definition) is 16. The molecule has 1 heterocycles. The minimum absolute atomic E-state index is 0.0330. The van der Waals surface area contributed by atoms with Crippen molar-refractivity contribution in [2.75, 3.05) is 13.1 Å². The number of rotatable bonds is 29. The van der Waals surface area contributed by atoms with E-state index in [-0.39, 0.29) is 62.3 Å². The van der Waals surface area contributed by atoms with Gasteiger partial charge in [0.1, 0.15) is 59.5 Å². The van der Waals surface area contributed by atoms with Gasteiger partial charge in [-0.25, -0.2) is 4.79 Å². The van der Waals surface area contributed by atoms with Crippen LogP contribution in [0.15, 0.2) is 72.8 Å². The van der Waals surface area contributed by atoms with Gasteiger partial charge in [0.25, 0.3) is 0 Å². The van der Waals surface area contributed by atoms with Gasteiger partial charge in [0, 0.05) is 32.2 Å². The molecule has 0 spiro atoms. The minimum Gasteiger partial charge on any atom is -0.508 e. The van der Waals surface area contributed by atoms with Gasteiger partial charge < -0.3 is 90.0 Å². The summed E-state index contributed by atoms with van der Waals surface area (Å²) < 4.78 is 0. The molecule has 0 aromatic heterocycles. The van der Waals surface area contributed by atoms with Crippen LogP contribution < -0.4 is 54.4 Å². The summed E-state index contributed by atoms with van der Waals surface area (Å²) in [6.07, 6.45) is -5.55. The number of carbonyl (C=O) groups excluding carboxylic acids is 10. The fourth-order valence-electron chi connectivity index (χ4n) is 8.32. The zero-order valence-electron chi connectivity index (χ0n) is 43.1. The van der Waals surface area contributed by atoms with E-state index < -0.39 is 145 Å². The van der Waals surface area contributed by atoms with Crippen molar-refractivity contribution >= 4 is 65.0 Å². The third-order valence-corrected chi connectivity index (χ3v) is 12.5. The van der Waals surface area contributed by atoms with Crippen molar-refractivity contribution in [1.82, 2.24) is 42.1 Å². The number of aliphatic hydroxyl groups is 2. The summed E-state index contributed by atoms with van der Waals surface area (Å²) in [5, 5.41) is 76.8. The lowest BCUT2D eigenvalue weighted by molar-refractivity contribution is -0.145. The Bertz CT molecular complexity index is 2670. The van der Waals surface area contributed by atoms with Crippen molar-refractivity contribution in [3.63, 3.8) is 0 Å². The number of carboxylic acid groups (broad SMARTS) is 1. The Labute approximate surface area is 452 Å². The number of hydrogen-bond acceptors (Lipinski definition) is 17. The average Bonchev–Trinajstić information content (AvgIpc) is 3.91. The minimum atomic E-state index is -1.89. The number of nitrogens with zero attached hydrogens (tertiary/aromatic N) is 1. The van der Waals surface area contributed by atoms with E-state index in [0.717, 1.165) is 18.7 Å². The Kier molecular flexibility index (Phi) is 23.5. The number of carboxylic acids is 1. The molecule has 1 aliphatic rings. The summed E-state index contributed by atoms with van der Waals surface area (Å²) in [5.41, 5.74) is 17.2. The van der Waals surface area contributed by atoms with Crippen molar-refractivity contribution in [3.8, 4) is 17.2 Å². The molecule has 28 nitrogen and oxygen atoms in total. The third-order valence-electron chi connectivity index (χ3n) is 12.5. The molecule has 0 saturated carbocycles. The van der Waals surface area contributed by atoms with E-state index in [1.807, 2.05) is 0 Å². The number of benzene rings is 3. The summed E-state index contributed by atoms with van der Waals surface area (Å²) in [7, 11) is 0. The maximum absolute atomic E-state index is 14.7. The fourth-order valence-corrected chi connectivity index (χ4v) is 8.32. The highest BCUT2D eigenvalue weighted by Crippen LogP contribution is 2.22. The first kappa shape index (κ1) is 62.6. The molecule has 0 bridgehead atoms. The summed E-state index contributed by atoms with van der Waals surface area (Å²) in [6, 6.07) is 3.19. The smallest absolute Gasteiger partial charge is 0.328 e. The molecule has 0 unspecified atom stereocenters. The molecule has 1 aliphatic heterocycles. The van der Waals surface area contributed by atoms with Crippen molar-refractivity contribution in [3.05, 3.63) is 89.5 Å². The number of aliphatic hydroxyl groups excluding tert-OH is 2. The standard InChI is InChI=1S/C51H67N11O17/c1-25(63)42(60-44(71)33(17-18-39(53)68)55-41(70)24-52)49(76)58-34(20-27-5-11-30(65)12-6-27)45(72)56-36(23-40(54)69)46(73)59-37(22-29-9-15-32(67)16-10-29)50(77)62-19-3-4-38(62)48(75)57-35(21-28-7-13-31(66)14-8-28)47(74)61-43(26(2)64)51(78)79/h5-16,25-26,33-38,42-43,63-67H,3-4,17-24,52H2,1-2H3,(H2,53,68)(H2,54,69)(H,55,70)(H,56,72)(H,57,75)(H,58,76)(H,59,73)(H,60,71)(H,61,74)(H,78,79)/t25-,26-,33+,34+,35+,36+,37+,38+,42+,43+/m1/s1. The molecule has 428 valence electrons. The van der Waals surface area contributed by atoms with Crippen LogP contribution in [-0.4, -0.2) is 174 Å². The van der Waals surface area contributed by atoms with Crippen molar-refractivity contribution in [1.29, 1.82) is 0 Å². The molecular weight excluding hydrogens is 1040 g/mol. The van der Waals surface area contributed by atoms with Crippen LogP contribution in [0.25, 0.3) is 0 Å². The molecular formula is C51H67N11O17. The fraction of sp³-hybridized carbons (Fsp3) is 0.431. The number of likely N-dealkylation sites (tertiary alicyclic amines) is 1. The molecule has 3 aromatic carbocycles. The zero-order valence-corrected chi connectivity index (χ0v) is 43.1. The largest absolute Gasteiger partial charge is 0.508 e. The van der Waals surface area contributed by atoms with Crippen LogP contribution in [0.4, 0.5) is 0 Å². The Balaban J connectivity index is 1.65. The lowest BCUT2D eigenvalue weighted by Crippen LogP contribution is -2.62. The highest BCUT2D eigenvalue weighted by atomic mass is 16.4. The Hall–Kier alpha value is -8.89. The van der Waals surface area contributed by atoms with E-state index in [9.17, 15) is 83.4 Å². The first-order valence-electron chi connectivity index (χ1n) is 24.9. The van der Waals surface area contributed by atoms with Crippen molar-refractivity contribution in [2.45, 2.75) is 126 Å². The van der Waals surface area contributed by atoms with Gasteiger partial charge in [-0.05, 0) is 86.2 Å². The van der Waals surface area contributed by atoms with Crippen molar-refractivity contribution < 1.29 is 83.4 Å². The second kappa shape index (κ2) is 29.6. The molecule has 10 atom stereocenters. The number of phenols is 3. The van der Waals surface area contributed by atoms with E-state index in [1.165, 1.54) is 72.8 Å². The third kappa shape index (κ3) is 19.6. The molecule has 10 amide bonds. The predicted molar refractivity (Wildman–Crippen MR) is 276 cm³/mol. The van der Waals surface area contributed by atoms with E-state index in [4.69, 9.17) is 17.2 Å². The first-order valence-corrected chi connectivity index (χ1v) is 24.9. The van der Waals surface area contributed by atoms with Gasteiger partial charge >= 0.3 is 5.97 Å². The van der Waals surface area contributed by atoms with Crippen LogP contribution >= 0.6 is 0 Å². The van der Waals surface area contributed by atoms with E-state index in [0.29, 0.717) is 16.7 Å². The molecule has 0 radical (unpaired) electrons. The number of aromatic hydroxyl groups is 3. The molecule has 0 aliphatic carbocycles. The number of primary amides is 2. The number of amides is 10. The monoisotopic (exact) mass is 1110 g/mol. The quantitative estimate of drug-likeness (QED) is 0.0310. The molecule has 4 rings (SSSR count). The summed E-state index contributed by atoms with van der Waals surface area (Å²) in [6.45, 7) is 1.62. The van der Waals surface area contributed by atoms with Gasteiger partial charge in [0.2, 0.25) is 59.1 Å². The predicted octanol–water partition coefficient (Wildman–Crippen LogP) is -4.84. The number of aliphatic carboxylic acids is 1. The SMILES string of the molecule is C[C@@H](O)[C@H](NC(=O)[C@H](Cc1ccc(O)cc1)NC(=O)[C@@H]1CCCN1C(=O)[C@H](Cc1ccc(O)cc1)NC(=O)[C@H](CC(N)=O)NC(=O)[C@H](Cc1ccc(O)cc1)NC(=O)[C@@H](NC(=O)[C@H](CCC(N)=O)NC(=O)CN)[C@@H](C)O)C(=O)O. The summed E-state index contributed by atoms with van der Waals surface area (Å²) >= 11 is 0. The molecule has 79 heavy (non-hydrogen) atoms. The van der Waals surface area contributed by atoms with E-state index in [1.54, 1.807) is 0 Å². The van der Waals surface area contributed by atoms with E-state index in [2.05, 4.69) is 37.2 Å². The van der Waals surface area contributed by atoms with Crippen LogP contribution in [0.5, 0.6) is 17.2 Å². The molecule has 1 saturated heterocycles. The van der Waals surface area contributed by atoms with Crippen LogP contribution in [0.1, 0.15) is 62.6 Å². The highest BCUT2D eigenvalue weighted by molar-refractivity contribution is 5.99. The zero-order chi connectivity index (χ0) is 58.7. The highest BCUT2D eigenvalue weighted by Gasteiger charge is 2.41. The molecule has 1 fully saturated rings. The Morgan fingerprint density at radius 3 is 1.42 bits per heavy atom. The maximum atomic E-state index is 14.7. The van der Waals surface area contributed by atoms with Gasteiger partial charge in [-0.3, -0.25) is 47.9 Å². The van der Waals surface area contributed by atoms with Crippen LogP contribution in [0, 0.1) is 0 Å². The number of nitrogens with one attached hydrogen (secondary N) is 7. The molecule has 19 N–H and O–H groups in total. The summed E-state index contributed by atoms with van der Waals surface area (Å²) in [4.78, 5) is 148. The lowest BCUT2D eigenvalue weighted by atomic mass is 10.0. The average molecular weight is 1110 g/mol. The molecule has 3 aromatic rings. The first-order chi connectivity index (χ1) is 37.3. The van der Waals surface area contributed by atoms with Crippen LogP contribution in [0.3, 0.4) is 0 Å². The Morgan fingerprint density at radius 2 is 0.962 bits per heavy atom. The van der Waals surface area contributed by atoms with Gasteiger partial charge in [-0.15, -0.1) is 0 Å². The maximum Gasteiger partial charge on any atom is 0.328 e. The number of phenolic OH excluding ortho intramolecular Hbond substituents is 3. The van der Waals surface area contributed by atoms with Gasteiger partial charge in [-0.2, -0.15) is 0 Å². The lowest BCUT2D eigenvalue weighted by Gasteiger charge is -2.31. The summed E-state index contributed by atoms with van der Waals surface area (Å²) in [5.74, 6) is -12.1. The van der Waals surface area contributed by atoms with Crippen LogP contribution in [0.2, 0.25) is 0 Å². The van der Waals surface area contributed by atoms with Crippen LogP contribution in [-0.2, 0) is 72.0 Å². The van der Waals surface area contributed by atoms with Gasteiger partial charge in [0.15, 0.2) is 6.04 Å². The normalized spacial score (nSPS) is 16.4. The van der Waals surface area contributed by atoms with Gasteiger partial charge in [0.05, 0.1) is 25.2 Å². The number of nitrogens with two attached hydrogens (primary N) is 3. The number of carbonyl (C=O) groups is 11.